The highest BCUT2D eigenvalue weighted by atomic mass is 16.3. The molecule has 2 heterocycles. The van der Waals surface area contributed by atoms with Crippen molar-refractivity contribution in [3.8, 4) is 11.5 Å². The molecule has 43 heavy (non-hydrogen) atoms. The quantitative estimate of drug-likeness (QED) is 0.274. The standard InChI is InChI=1S/C39H54N2O2/c1-13-17-27-21-31(22-28(18-14-2)33(27)42)40-25-35(5,6)37(9,10)39(40)38(11,12)36(7,8)26-41(39)32-23-29(19-15-3)34(43)30(24-32)20-16-4/h13-16,21-24,42-43H,1-4,17-20,25-26H2,5-12H3. The Balaban J connectivity index is 2.13. The monoisotopic (exact) mass is 582 g/mol. The zero-order valence-electron chi connectivity index (χ0n) is 28.0. The van der Waals surface area contributed by atoms with Gasteiger partial charge in [0, 0.05) is 35.3 Å². The van der Waals surface area contributed by atoms with E-state index in [9.17, 15) is 10.2 Å². The van der Waals surface area contributed by atoms with Crippen molar-refractivity contribution < 1.29 is 10.2 Å². The van der Waals surface area contributed by atoms with Crippen molar-refractivity contribution in [2.24, 2.45) is 21.7 Å². The number of hydrogen-bond acceptors (Lipinski definition) is 4. The molecule has 232 valence electrons. The van der Waals surface area contributed by atoms with Gasteiger partial charge < -0.3 is 20.0 Å². The maximum atomic E-state index is 11.2. The molecule has 2 N–H and O–H groups in total. The average molecular weight is 583 g/mol. The number of hydrogen-bond donors (Lipinski definition) is 2. The number of anilines is 2. The zero-order chi connectivity index (χ0) is 32.2. The molecule has 2 aromatic carbocycles. The molecular weight excluding hydrogens is 528 g/mol. The van der Waals surface area contributed by atoms with Crippen molar-refractivity contribution in [2.75, 3.05) is 22.9 Å². The Morgan fingerprint density at radius 3 is 1.05 bits per heavy atom. The van der Waals surface area contributed by atoms with E-state index in [-0.39, 0.29) is 21.7 Å². The van der Waals surface area contributed by atoms with Gasteiger partial charge in [0.25, 0.3) is 0 Å². The summed E-state index contributed by atoms with van der Waals surface area (Å²) in [5.74, 6) is 0.666. The molecule has 4 heteroatoms. The predicted molar refractivity (Wildman–Crippen MR) is 184 cm³/mol. The molecule has 0 amide bonds. The second-order valence-electron chi connectivity index (χ2n) is 15.1. The molecule has 4 rings (SSSR count). The van der Waals surface area contributed by atoms with Crippen molar-refractivity contribution >= 4 is 11.4 Å². The Kier molecular flexibility index (Phi) is 8.28. The minimum absolute atomic E-state index is 0.0666. The van der Waals surface area contributed by atoms with Crippen molar-refractivity contribution in [1.29, 1.82) is 0 Å². The van der Waals surface area contributed by atoms with Gasteiger partial charge in [-0.3, -0.25) is 0 Å². The fourth-order valence-electron chi connectivity index (χ4n) is 8.23. The normalized spacial score (nSPS) is 20.7. The first-order valence-corrected chi connectivity index (χ1v) is 15.7. The van der Waals surface area contributed by atoms with E-state index < -0.39 is 5.66 Å². The van der Waals surface area contributed by atoms with Crippen LogP contribution in [0.2, 0.25) is 0 Å². The highest BCUT2D eigenvalue weighted by molar-refractivity contribution is 5.69. The van der Waals surface area contributed by atoms with Crippen molar-refractivity contribution in [3.05, 3.63) is 97.1 Å². The molecule has 0 bridgehead atoms. The third kappa shape index (κ3) is 4.55. The highest BCUT2D eigenvalue weighted by Gasteiger charge is 2.77. The topological polar surface area (TPSA) is 46.9 Å². The zero-order valence-corrected chi connectivity index (χ0v) is 28.0. The number of aromatic hydroxyl groups is 2. The smallest absolute Gasteiger partial charge is 0.124 e. The van der Waals surface area contributed by atoms with Crippen LogP contribution in [0.3, 0.4) is 0 Å². The molecular formula is C39H54N2O2. The van der Waals surface area contributed by atoms with Gasteiger partial charge in [0.1, 0.15) is 17.2 Å². The summed E-state index contributed by atoms with van der Waals surface area (Å²) >= 11 is 0. The van der Waals surface area contributed by atoms with Gasteiger partial charge in [-0.2, -0.15) is 0 Å². The number of phenolic OH excluding ortho intramolecular Hbond substituents is 2. The second-order valence-corrected chi connectivity index (χ2v) is 15.1. The van der Waals surface area contributed by atoms with E-state index >= 15 is 0 Å². The van der Waals surface area contributed by atoms with Gasteiger partial charge in [0.15, 0.2) is 0 Å². The largest absolute Gasteiger partial charge is 0.507 e. The van der Waals surface area contributed by atoms with Gasteiger partial charge in [0.05, 0.1) is 0 Å². The molecule has 0 atom stereocenters. The first-order valence-electron chi connectivity index (χ1n) is 15.7. The van der Waals surface area contributed by atoms with Crippen molar-refractivity contribution in [3.63, 3.8) is 0 Å². The minimum Gasteiger partial charge on any atom is -0.507 e. The van der Waals surface area contributed by atoms with Crippen LogP contribution in [-0.2, 0) is 25.7 Å². The lowest BCUT2D eigenvalue weighted by Gasteiger charge is -2.60. The Hall–Kier alpha value is -3.40. The van der Waals surface area contributed by atoms with Gasteiger partial charge in [-0.05, 0) is 83.0 Å². The summed E-state index contributed by atoms with van der Waals surface area (Å²) in [4.78, 5) is 5.29. The lowest BCUT2D eigenvalue weighted by molar-refractivity contribution is -0.0116. The van der Waals surface area contributed by atoms with Crippen molar-refractivity contribution in [2.45, 2.75) is 86.7 Å². The van der Waals surface area contributed by atoms with E-state index in [1.807, 2.05) is 24.3 Å². The molecule has 2 aliphatic heterocycles. The van der Waals surface area contributed by atoms with Crippen LogP contribution in [0.15, 0.2) is 74.9 Å². The predicted octanol–water partition coefficient (Wildman–Crippen LogP) is 9.15. The van der Waals surface area contributed by atoms with Crippen molar-refractivity contribution in [1.82, 2.24) is 0 Å². The molecule has 0 saturated carbocycles. The lowest BCUT2D eigenvalue weighted by Crippen LogP contribution is -2.69. The fourth-order valence-corrected chi connectivity index (χ4v) is 8.23. The molecule has 0 aromatic heterocycles. The fraction of sp³-hybridized carbons (Fsp3) is 0.487. The molecule has 2 saturated heterocycles. The summed E-state index contributed by atoms with van der Waals surface area (Å²) in [5.41, 5.74) is 4.77. The number of allylic oxidation sites excluding steroid dienone is 4. The Morgan fingerprint density at radius 2 is 0.814 bits per heavy atom. The van der Waals surface area contributed by atoms with Crippen LogP contribution in [0, 0.1) is 21.7 Å². The first-order chi connectivity index (χ1) is 20.0. The molecule has 0 unspecified atom stereocenters. The van der Waals surface area contributed by atoms with Gasteiger partial charge in [0.2, 0.25) is 0 Å². The Bertz CT molecular complexity index is 1270. The number of benzene rings is 2. The maximum Gasteiger partial charge on any atom is 0.124 e. The van der Waals surface area contributed by atoms with Gasteiger partial charge in [-0.25, -0.2) is 0 Å². The van der Waals surface area contributed by atoms with Gasteiger partial charge in [-0.1, -0.05) is 79.7 Å². The molecule has 2 fully saturated rings. The van der Waals surface area contributed by atoms with E-state index in [4.69, 9.17) is 0 Å². The summed E-state index contributed by atoms with van der Waals surface area (Å²) in [6.07, 6.45) is 9.78. The van der Waals surface area contributed by atoms with Crippen LogP contribution in [-0.4, -0.2) is 29.0 Å². The summed E-state index contributed by atoms with van der Waals surface area (Å²) < 4.78 is 0. The van der Waals surface area contributed by atoms with Gasteiger partial charge >= 0.3 is 0 Å². The Morgan fingerprint density at radius 1 is 0.558 bits per heavy atom. The molecule has 0 radical (unpaired) electrons. The number of nitrogens with zero attached hydrogens (tertiary/aromatic N) is 2. The molecule has 4 nitrogen and oxygen atoms in total. The molecule has 2 aromatic rings. The van der Waals surface area contributed by atoms with E-state index in [1.54, 1.807) is 0 Å². The molecule has 1 spiro atoms. The number of rotatable bonds is 10. The Labute approximate surface area is 261 Å². The maximum absolute atomic E-state index is 11.2. The van der Waals surface area contributed by atoms with Crippen LogP contribution in [0.4, 0.5) is 11.4 Å². The summed E-state index contributed by atoms with van der Waals surface area (Å²) in [5, 5.41) is 22.4. The average Bonchev–Trinajstić information content (AvgIpc) is 3.20. The number of phenols is 2. The molecule has 0 aliphatic carbocycles. The van der Waals surface area contributed by atoms with Crippen LogP contribution in [0.1, 0.15) is 77.6 Å². The first kappa shape index (κ1) is 32.5. The molecule has 2 aliphatic rings. The van der Waals surface area contributed by atoms with Crippen LogP contribution >= 0.6 is 0 Å². The minimum atomic E-state index is -0.464. The summed E-state index contributed by atoms with van der Waals surface area (Å²) in [6, 6.07) is 8.69. The van der Waals surface area contributed by atoms with E-state index in [1.165, 1.54) is 0 Å². The summed E-state index contributed by atoms with van der Waals surface area (Å²) in [6.45, 7) is 36.9. The van der Waals surface area contributed by atoms with E-state index in [0.29, 0.717) is 37.2 Å². The third-order valence-electron chi connectivity index (χ3n) is 11.6. The van der Waals surface area contributed by atoms with E-state index in [0.717, 1.165) is 46.7 Å². The van der Waals surface area contributed by atoms with Gasteiger partial charge in [-0.15, -0.1) is 26.3 Å². The lowest BCUT2D eigenvalue weighted by atomic mass is 9.53. The highest BCUT2D eigenvalue weighted by Crippen LogP contribution is 2.71. The third-order valence-corrected chi connectivity index (χ3v) is 11.6. The van der Waals surface area contributed by atoms with Crippen LogP contribution in [0.25, 0.3) is 0 Å². The van der Waals surface area contributed by atoms with E-state index in [2.05, 4.69) is 116 Å². The van der Waals surface area contributed by atoms with Crippen LogP contribution in [0.5, 0.6) is 11.5 Å². The van der Waals surface area contributed by atoms with Crippen LogP contribution < -0.4 is 9.80 Å². The second kappa shape index (κ2) is 10.9. The SMILES string of the molecule is C=CCc1cc(N2CC(C)(C)C(C)(C)C23N(c2cc(CC=C)c(O)c(CC=C)c2)CC(C)(C)C3(C)C)cc(CC=C)c1O. The summed E-state index contributed by atoms with van der Waals surface area (Å²) in [7, 11) is 0.